The van der Waals surface area contributed by atoms with Crippen LogP contribution in [0, 0.1) is 5.92 Å². The Kier molecular flexibility index (Phi) is 6.22. The maximum atomic E-state index is 11.4. The van der Waals surface area contributed by atoms with Crippen LogP contribution < -0.4 is 11.1 Å². The zero-order chi connectivity index (χ0) is 13.4. The maximum Gasteiger partial charge on any atom is 0.407 e. The van der Waals surface area contributed by atoms with Crippen LogP contribution in [-0.2, 0) is 11.3 Å². The van der Waals surface area contributed by atoms with Gasteiger partial charge in [-0.25, -0.2) is 4.79 Å². The third-order valence-corrected chi connectivity index (χ3v) is 2.82. The first-order valence-corrected chi connectivity index (χ1v) is 6.29. The van der Waals surface area contributed by atoms with Gasteiger partial charge < -0.3 is 15.8 Å². The van der Waals surface area contributed by atoms with Crippen LogP contribution in [-0.4, -0.2) is 18.7 Å². The van der Waals surface area contributed by atoms with E-state index in [0.717, 1.165) is 12.0 Å². The largest absolute Gasteiger partial charge is 0.445 e. The van der Waals surface area contributed by atoms with Crippen molar-refractivity contribution in [3.8, 4) is 0 Å². The Labute approximate surface area is 109 Å². The van der Waals surface area contributed by atoms with Crippen molar-refractivity contribution in [3.05, 3.63) is 35.9 Å². The molecule has 18 heavy (non-hydrogen) atoms. The lowest BCUT2D eigenvalue weighted by atomic mass is 10.0. The molecular formula is C14H22N2O2. The summed E-state index contributed by atoms with van der Waals surface area (Å²) in [4.78, 5) is 11.4. The third-order valence-electron chi connectivity index (χ3n) is 2.82. The van der Waals surface area contributed by atoms with E-state index < -0.39 is 6.09 Å². The summed E-state index contributed by atoms with van der Waals surface area (Å²) >= 11 is 0. The Bertz CT molecular complexity index is 352. The molecule has 0 aliphatic rings. The summed E-state index contributed by atoms with van der Waals surface area (Å²) < 4.78 is 5.08. The van der Waals surface area contributed by atoms with Crippen molar-refractivity contribution in [1.82, 2.24) is 5.32 Å². The molecule has 0 heterocycles. The summed E-state index contributed by atoms with van der Waals surface area (Å²) in [6.07, 6.45) is 0.368. The highest BCUT2D eigenvalue weighted by Gasteiger charge is 2.08. The van der Waals surface area contributed by atoms with Crippen LogP contribution in [0.5, 0.6) is 0 Å². The van der Waals surface area contributed by atoms with E-state index in [9.17, 15) is 4.79 Å². The van der Waals surface area contributed by atoms with E-state index in [1.807, 2.05) is 30.3 Å². The van der Waals surface area contributed by atoms with Gasteiger partial charge in [-0.2, -0.15) is 0 Å². The molecule has 0 unspecified atom stereocenters. The van der Waals surface area contributed by atoms with E-state index in [1.165, 1.54) is 0 Å². The lowest BCUT2D eigenvalue weighted by Gasteiger charge is -2.15. The van der Waals surface area contributed by atoms with Crippen LogP contribution >= 0.6 is 0 Å². The smallest absolute Gasteiger partial charge is 0.407 e. The van der Waals surface area contributed by atoms with E-state index in [2.05, 4.69) is 19.2 Å². The zero-order valence-electron chi connectivity index (χ0n) is 11.1. The second-order valence-electron chi connectivity index (χ2n) is 4.69. The fourth-order valence-electron chi connectivity index (χ4n) is 1.45. The maximum absolute atomic E-state index is 11.4. The number of alkyl carbamates (subject to hydrolysis) is 1. The van der Waals surface area contributed by atoms with Gasteiger partial charge in [-0.1, -0.05) is 44.2 Å². The Morgan fingerprint density at radius 3 is 2.61 bits per heavy atom. The second-order valence-corrected chi connectivity index (χ2v) is 4.69. The molecule has 0 spiro atoms. The van der Waals surface area contributed by atoms with Gasteiger partial charge in [0.15, 0.2) is 0 Å². The minimum absolute atomic E-state index is 0.111. The number of hydrogen-bond acceptors (Lipinski definition) is 3. The topological polar surface area (TPSA) is 64.3 Å². The van der Waals surface area contributed by atoms with E-state index in [0.29, 0.717) is 19.1 Å². The first-order chi connectivity index (χ1) is 8.59. The zero-order valence-corrected chi connectivity index (χ0v) is 11.1. The number of nitrogens with one attached hydrogen (secondary N) is 1. The normalized spacial score (nSPS) is 12.2. The molecule has 1 rings (SSSR count). The molecule has 4 heteroatoms. The molecule has 0 bridgehead atoms. The van der Waals surface area contributed by atoms with Crippen molar-refractivity contribution in [3.63, 3.8) is 0 Å². The number of carbonyl (C=O) groups excluding carboxylic acids is 1. The Morgan fingerprint density at radius 1 is 1.33 bits per heavy atom. The lowest BCUT2D eigenvalue weighted by Crippen LogP contribution is -2.33. The van der Waals surface area contributed by atoms with E-state index in [1.54, 1.807) is 0 Å². The fourth-order valence-corrected chi connectivity index (χ4v) is 1.45. The minimum atomic E-state index is -0.394. The Hall–Kier alpha value is -1.55. The molecule has 1 aromatic carbocycles. The van der Waals surface area contributed by atoms with Crippen molar-refractivity contribution in [1.29, 1.82) is 0 Å². The standard InChI is InChI=1S/C14H22N2O2/c1-11(2)13(15)8-9-16-14(17)18-10-12-6-4-3-5-7-12/h3-7,11,13H,8-10,15H2,1-2H3,(H,16,17)/t13-/m0/s1. The molecule has 0 aromatic heterocycles. The minimum Gasteiger partial charge on any atom is -0.445 e. The van der Waals surface area contributed by atoms with Crippen molar-refractivity contribution in [2.75, 3.05) is 6.54 Å². The molecular weight excluding hydrogens is 228 g/mol. The van der Waals surface area contributed by atoms with Gasteiger partial charge in [-0.15, -0.1) is 0 Å². The number of rotatable bonds is 6. The van der Waals surface area contributed by atoms with Crippen molar-refractivity contribution >= 4 is 6.09 Å². The first-order valence-electron chi connectivity index (χ1n) is 6.29. The molecule has 3 N–H and O–H groups in total. The summed E-state index contributed by atoms with van der Waals surface area (Å²) in [6, 6.07) is 9.71. The number of ether oxygens (including phenoxy) is 1. The third kappa shape index (κ3) is 5.68. The Balaban J connectivity index is 2.15. The number of amides is 1. The molecule has 0 saturated heterocycles. The van der Waals surface area contributed by atoms with Gasteiger partial charge in [0.1, 0.15) is 6.61 Å². The summed E-state index contributed by atoms with van der Waals surface area (Å²) in [7, 11) is 0. The number of nitrogens with two attached hydrogens (primary N) is 1. The molecule has 0 radical (unpaired) electrons. The molecule has 4 nitrogen and oxygen atoms in total. The highest BCUT2D eigenvalue weighted by molar-refractivity contribution is 5.67. The number of carbonyl (C=O) groups is 1. The van der Waals surface area contributed by atoms with Crippen LogP contribution in [0.1, 0.15) is 25.8 Å². The summed E-state index contributed by atoms with van der Waals surface area (Å²) in [6.45, 7) is 4.98. The number of hydrogen-bond donors (Lipinski definition) is 2. The highest BCUT2D eigenvalue weighted by Crippen LogP contribution is 2.02. The SMILES string of the molecule is CC(C)[C@@H](N)CCNC(=O)OCc1ccccc1. The lowest BCUT2D eigenvalue weighted by molar-refractivity contribution is 0.139. The predicted molar refractivity (Wildman–Crippen MR) is 72.1 cm³/mol. The summed E-state index contributed by atoms with van der Waals surface area (Å²) in [5.41, 5.74) is 6.85. The van der Waals surface area contributed by atoms with Crippen molar-refractivity contribution < 1.29 is 9.53 Å². The molecule has 0 aliphatic carbocycles. The van der Waals surface area contributed by atoms with Gasteiger partial charge in [0, 0.05) is 12.6 Å². The average Bonchev–Trinajstić information content (AvgIpc) is 2.37. The van der Waals surface area contributed by atoms with Crippen molar-refractivity contribution in [2.45, 2.75) is 32.9 Å². The first kappa shape index (κ1) is 14.5. The molecule has 0 fully saturated rings. The molecule has 1 amide bonds. The Morgan fingerprint density at radius 2 is 2.00 bits per heavy atom. The van der Waals surface area contributed by atoms with Gasteiger partial charge in [0.05, 0.1) is 0 Å². The van der Waals surface area contributed by atoms with E-state index in [4.69, 9.17) is 10.5 Å². The second kappa shape index (κ2) is 7.71. The number of benzene rings is 1. The molecule has 1 aromatic rings. The molecule has 1 atom stereocenters. The molecule has 0 aliphatic heterocycles. The summed E-state index contributed by atoms with van der Waals surface area (Å²) in [5, 5.41) is 2.70. The van der Waals surface area contributed by atoms with Crippen LogP contribution in [0.15, 0.2) is 30.3 Å². The summed E-state index contributed by atoms with van der Waals surface area (Å²) in [5.74, 6) is 0.423. The average molecular weight is 250 g/mol. The fraction of sp³-hybridized carbons (Fsp3) is 0.500. The predicted octanol–water partition coefficient (Wildman–Crippen LogP) is 2.29. The van der Waals surface area contributed by atoms with Crippen LogP contribution in [0.4, 0.5) is 4.79 Å². The van der Waals surface area contributed by atoms with Crippen LogP contribution in [0.2, 0.25) is 0 Å². The van der Waals surface area contributed by atoms with Gasteiger partial charge in [0.25, 0.3) is 0 Å². The highest BCUT2D eigenvalue weighted by atomic mass is 16.5. The van der Waals surface area contributed by atoms with Gasteiger partial charge >= 0.3 is 6.09 Å². The van der Waals surface area contributed by atoms with Crippen molar-refractivity contribution in [2.24, 2.45) is 11.7 Å². The van der Waals surface area contributed by atoms with Crippen LogP contribution in [0.3, 0.4) is 0 Å². The monoisotopic (exact) mass is 250 g/mol. The quantitative estimate of drug-likeness (QED) is 0.814. The van der Waals surface area contributed by atoms with E-state index >= 15 is 0 Å². The van der Waals surface area contributed by atoms with E-state index in [-0.39, 0.29) is 6.04 Å². The van der Waals surface area contributed by atoms with Gasteiger partial charge in [0.2, 0.25) is 0 Å². The molecule has 0 saturated carbocycles. The van der Waals surface area contributed by atoms with Gasteiger partial charge in [-0.05, 0) is 17.9 Å². The van der Waals surface area contributed by atoms with Gasteiger partial charge in [-0.3, -0.25) is 0 Å². The molecule has 100 valence electrons. The van der Waals surface area contributed by atoms with Crippen LogP contribution in [0.25, 0.3) is 0 Å².